The van der Waals surface area contributed by atoms with Crippen molar-refractivity contribution in [1.29, 1.82) is 0 Å². The van der Waals surface area contributed by atoms with E-state index in [9.17, 15) is 0 Å². The first-order chi connectivity index (χ1) is 11.1. The standard InChI is InChI=1S/C21H23N2/c1-15(2)18-9-10-20(22-14-18)17-11-12-23(4)21(13-17)19-8-6-5-7-16(19)3/h5-15H,1-4H3/q+1. The Balaban J connectivity index is 2.05. The Hall–Kier alpha value is -2.48. The summed E-state index contributed by atoms with van der Waals surface area (Å²) in [5, 5.41) is 0. The molecule has 0 amide bonds. The normalized spacial score (nSPS) is 11.0. The molecule has 116 valence electrons. The lowest BCUT2D eigenvalue weighted by Gasteiger charge is -2.08. The van der Waals surface area contributed by atoms with Crippen LogP contribution in [-0.2, 0) is 7.05 Å². The van der Waals surface area contributed by atoms with Crippen LogP contribution >= 0.6 is 0 Å². The summed E-state index contributed by atoms with van der Waals surface area (Å²) < 4.78 is 2.16. The lowest BCUT2D eigenvalue weighted by atomic mass is 10.0. The average Bonchev–Trinajstić information content (AvgIpc) is 2.56. The fourth-order valence-electron chi connectivity index (χ4n) is 2.77. The van der Waals surface area contributed by atoms with E-state index < -0.39 is 0 Å². The van der Waals surface area contributed by atoms with Crippen LogP contribution < -0.4 is 4.57 Å². The number of nitrogens with zero attached hydrogens (tertiary/aromatic N) is 2. The van der Waals surface area contributed by atoms with Crippen LogP contribution in [0.25, 0.3) is 22.5 Å². The van der Waals surface area contributed by atoms with E-state index in [2.05, 4.69) is 92.1 Å². The van der Waals surface area contributed by atoms with Crippen LogP contribution in [0, 0.1) is 6.92 Å². The van der Waals surface area contributed by atoms with E-state index in [1.54, 1.807) is 0 Å². The predicted molar refractivity (Wildman–Crippen MR) is 95.1 cm³/mol. The van der Waals surface area contributed by atoms with Gasteiger partial charge in [-0.25, -0.2) is 4.57 Å². The largest absolute Gasteiger partial charge is 0.256 e. The van der Waals surface area contributed by atoms with E-state index in [0.29, 0.717) is 5.92 Å². The van der Waals surface area contributed by atoms with Crippen molar-refractivity contribution in [1.82, 2.24) is 4.98 Å². The zero-order chi connectivity index (χ0) is 16.4. The molecule has 0 bridgehead atoms. The van der Waals surface area contributed by atoms with Crippen molar-refractivity contribution in [2.45, 2.75) is 26.7 Å². The average molecular weight is 303 g/mol. The summed E-state index contributed by atoms with van der Waals surface area (Å²) in [4.78, 5) is 4.65. The number of aromatic nitrogens is 2. The molecular formula is C21H23N2+. The summed E-state index contributed by atoms with van der Waals surface area (Å²) in [6.45, 7) is 6.53. The molecule has 0 fully saturated rings. The molecule has 2 heteroatoms. The fourth-order valence-corrected chi connectivity index (χ4v) is 2.77. The second-order valence-corrected chi connectivity index (χ2v) is 6.36. The minimum atomic E-state index is 0.507. The minimum Gasteiger partial charge on any atom is -0.256 e. The van der Waals surface area contributed by atoms with Crippen LogP contribution in [0.5, 0.6) is 0 Å². The number of aryl methyl sites for hydroxylation is 2. The molecule has 0 aliphatic rings. The highest BCUT2D eigenvalue weighted by Gasteiger charge is 2.14. The Morgan fingerprint density at radius 1 is 1.00 bits per heavy atom. The highest BCUT2D eigenvalue weighted by molar-refractivity contribution is 5.68. The summed E-state index contributed by atoms with van der Waals surface area (Å²) in [7, 11) is 2.08. The minimum absolute atomic E-state index is 0.507. The molecule has 2 nitrogen and oxygen atoms in total. The smallest absolute Gasteiger partial charge is 0.213 e. The number of benzene rings is 1. The molecule has 3 aromatic rings. The van der Waals surface area contributed by atoms with E-state index in [1.807, 2.05) is 6.20 Å². The van der Waals surface area contributed by atoms with Gasteiger partial charge in [0.05, 0.1) is 5.69 Å². The third-order valence-electron chi connectivity index (χ3n) is 4.32. The Morgan fingerprint density at radius 3 is 2.43 bits per heavy atom. The number of rotatable bonds is 3. The zero-order valence-electron chi connectivity index (χ0n) is 14.2. The third kappa shape index (κ3) is 3.16. The maximum atomic E-state index is 4.65. The molecule has 0 N–H and O–H groups in total. The van der Waals surface area contributed by atoms with Crippen molar-refractivity contribution in [2.24, 2.45) is 7.05 Å². The van der Waals surface area contributed by atoms with Crippen molar-refractivity contribution >= 4 is 0 Å². The van der Waals surface area contributed by atoms with Gasteiger partial charge in [0.25, 0.3) is 0 Å². The SMILES string of the molecule is Cc1ccccc1-c1cc(-c2ccc(C(C)C)cn2)cc[n+]1C. The number of pyridine rings is 2. The van der Waals surface area contributed by atoms with Gasteiger partial charge in [0.2, 0.25) is 5.69 Å². The topological polar surface area (TPSA) is 16.8 Å². The summed E-state index contributed by atoms with van der Waals surface area (Å²) in [5.74, 6) is 0.507. The van der Waals surface area contributed by atoms with Crippen LogP contribution in [0.15, 0.2) is 60.9 Å². The van der Waals surface area contributed by atoms with Gasteiger partial charge < -0.3 is 0 Å². The van der Waals surface area contributed by atoms with Gasteiger partial charge in [0.15, 0.2) is 6.20 Å². The maximum Gasteiger partial charge on any atom is 0.213 e. The maximum absolute atomic E-state index is 4.65. The van der Waals surface area contributed by atoms with E-state index >= 15 is 0 Å². The van der Waals surface area contributed by atoms with Gasteiger partial charge in [-0.15, -0.1) is 0 Å². The van der Waals surface area contributed by atoms with Crippen LogP contribution in [0.1, 0.15) is 30.9 Å². The lowest BCUT2D eigenvalue weighted by molar-refractivity contribution is -0.660. The van der Waals surface area contributed by atoms with Gasteiger partial charge in [-0.3, -0.25) is 4.98 Å². The molecule has 2 heterocycles. The second kappa shape index (κ2) is 6.33. The third-order valence-corrected chi connectivity index (χ3v) is 4.32. The molecule has 0 unspecified atom stereocenters. The second-order valence-electron chi connectivity index (χ2n) is 6.36. The Bertz CT molecular complexity index is 818. The molecule has 23 heavy (non-hydrogen) atoms. The van der Waals surface area contributed by atoms with Gasteiger partial charge in [-0.1, -0.05) is 38.1 Å². The summed E-state index contributed by atoms with van der Waals surface area (Å²) in [6.07, 6.45) is 4.09. The van der Waals surface area contributed by atoms with Crippen molar-refractivity contribution in [2.75, 3.05) is 0 Å². The Labute approximate surface area is 138 Å². The number of hydrogen-bond acceptors (Lipinski definition) is 1. The van der Waals surface area contributed by atoms with E-state index in [0.717, 1.165) is 11.3 Å². The molecule has 0 radical (unpaired) electrons. The van der Waals surface area contributed by atoms with Crippen LogP contribution in [0.4, 0.5) is 0 Å². The van der Waals surface area contributed by atoms with E-state index in [4.69, 9.17) is 0 Å². The highest BCUT2D eigenvalue weighted by atomic mass is 14.9. The van der Waals surface area contributed by atoms with Crippen LogP contribution in [0.2, 0.25) is 0 Å². The first-order valence-corrected chi connectivity index (χ1v) is 8.08. The van der Waals surface area contributed by atoms with E-state index in [-0.39, 0.29) is 0 Å². The van der Waals surface area contributed by atoms with Gasteiger partial charge in [0.1, 0.15) is 7.05 Å². The van der Waals surface area contributed by atoms with Gasteiger partial charge >= 0.3 is 0 Å². The van der Waals surface area contributed by atoms with Crippen LogP contribution in [-0.4, -0.2) is 4.98 Å². The fraction of sp³-hybridized carbons (Fsp3) is 0.238. The van der Waals surface area contributed by atoms with Crippen LogP contribution in [0.3, 0.4) is 0 Å². The molecular weight excluding hydrogens is 280 g/mol. The van der Waals surface area contributed by atoms with Crippen molar-refractivity contribution < 1.29 is 4.57 Å². The summed E-state index contributed by atoms with van der Waals surface area (Å²) in [6, 6.07) is 17.1. The molecule has 0 saturated heterocycles. The quantitative estimate of drug-likeness (QED) is 0.642. The van der Waals surface area contributed by atoms with Crippen molar-refractivity contribution in [3.8, 4) is 22.5 Å². The summed E-state index contributed by atoms with van der Waals surface area (Å²) >= 11 is 0. The molecule has 3 rings (SSSR count). The molecule has 0 spiro atoms. The molecule has 1 aromatic carbocycles. The zero-order valence-corrected chi connectivity index (χ0v) is 14.2. The van der Waals surface area contributed by atoms with Gasteiger partial charge in [0, 0.05) is 29.5 Å². The Morgan fingerprint density at radius 2 is 1.78 bits per heavy atom. The van der Waals surface area contributed by atoms with E-state index in [1.165, 1.54) is 22.4 Å². The molecule has 0 atom stereocenters. The van der Waals surface area contributed by atoms with Crippen molar-refractivity contribution in [3.05, 3.63) is 72.1 Å². The molecule has 0 saturated carbocycles. The lowest BCUT2D eigenvalue weighted by Crippen LogP contribution is -2.30. The first kappa shape index (κ1) is 15.4. The first-order valence-electron chi connectivity index (χ1n) is 8.08. The van der Waals surface area contributed by atoms with Gasteiger partial charge in [-0.2, -0.15) is 0 Å². The molecule has 0 aliphatic carbocycles. The predicted octanol–water partition coefficient (Wildman–Crippen LogP) is 4.67. The Kier molecular flexibility index (Phi) is 4.24. The molecule has 2 aromatic heterocycles. The highest BCUT2D eigenvalue weighted by Crippen LogP contribution is 2.25. The van der Waals surface area contributed by atoms with Gasteiger partial charge in [-0.05, 0) is 36.1 Å². The monoisotopic (exact) mass is 303 g/mol. The molecule has 0 aliphatic heterocycles. The number of hydrogen-bond donors (Lipinski definition) is 0. The summed E-state index contributed by atoms with van der Waals surface area (Å²) in [5.41, 5.74) is 7.19. The van der Waals surface area contributed by atoms with Crippen molar-refractivity contribution in [3.63, 3.8) is 0 Å².